The van der Waals surface area contributed by atoms with E-state index >= 15 is 0 Å². The zero-order valence-electron chi connectivity index (χ0n) is 17.3. The summed E-state index contributed by atoms with van der Waals surface area (Å²) in [6.45, 7) is 1.00. The molecule has 0 saturated heterocycles. The first-order chi connectivity index (χ1) is 15.2. The molecule has 2 aromatic carbocycles. The fourth-order valence-electron chi connectivity index (χ4n) is 3.02. The predicted octanol–water partition coefficient (Wildman–Crippen LogP) is 3.80. The molecule has 1 N–H and O–H groups in total. The number of hydrogen-bond donors (Lipinski definition) is 1. The van der Waals surface area contributed by atoms with Crippen LogP contribution in [0.4, 0.5) is 0 Å². The summed E-state index contributed by atoms with van der Waals surface area (Å²) < 4.78 is 11.3. The molecular weight excluding hydrogens is 390 g/mol. The minimum atomic E-state index is -0.403. The standard InChI is InChI=1S/C26H25NO4/c28-25(16-15-21-9-2-1-3-10-21)27-18-8-13-23-17-20-30-19-7-6-12-22-11-4-5-14-24(22)26(29)31-23/h1-11,14,18,23H,12-13,17,19-20H2,(H,27,28)/b7-6+,18-8+/t23-/m0/s1. The van der Waals surface area contributed by atoms with E-state index in [1.54, 1.807) is 12.1 Å². The van der Waals surface area contributed by atoms with E-state index in [2.05, 4.69) is 17.2 Å². The molecule has 158 valence electrons. The fourth-order valence-corrected chi connectivity index (χ4v) is 3.02. The Kier molecular flexibility index (Phi) is 8.66. The second kappa shape index (κ2) is 12.2. The van der Waals surface area contributed by atoms with Crippen LogP contribution in [-0.2, 0) is 20.7 Å². The van der Waals surface area contributed by atoms with Crippen molar-refractivity contribution in [1.29, 1.82) is 0 Å². The third kappa shape index (κ3) is 7.61. The van der Waals surface area contributed by atoms with Gasteiger partial charge in [-0.15, -0.1) is 0 Å². The molecule has 2 aromatic rings. The van der Waals surface area contributed by atoms with Gasteiger partial charge in [-0.3, -0.25) is 4.79 Å². The molecule has 3 rings (SSSR count). The molecule has 5 heteroatoms. The van der Waals surface area contributed by atoms with Crippen LogP contribution in [0.25, 0.3) is 0 Å². The molecule has 0 saturated carbocycles. The number of carbonyl (C=O) groups is 2. The van der Waals surface area contributed by atoms with Crippen molar-refractivity contribution in [3.05, 3.63) is 95.7 Å². The Morgan fingerprint density at radius 2 is 1.90 bits per heavy atom. The van der Waals surface area contributed by atoms with Crippen molar-refractivity contribution < 1.29 is 19.1 Å². The van der Waals surface area contributed by atoms with E-state index in [-0.39, 0.29) is 12.1 Å². The van der Waals surface area contributed by atoms with Crippen molar-refractivity contribution in [1.82, 2.24) is 5.32 Å². The van der Waals surface area contributed by atoms with Gasteiger partial charge in [0, 0.05) is 30.5 Å². The molecule has 0 bridgehead atoms. The molecule has 1 heterocycles. The lowest BCUT2D eigenvalue weighted by molar-refractivity contribution is -0.114. The van der Waals surface area contributed by atoms with Gasteiger partial charge in [-0.25, -0.2) is 4.79 Å². The van der Waals surface area contributed by atoms with Crippen LogP contribution in [0.1, 0.15) is 34.3 Å². The van der Waals surface area contributed by atoms with E-state index in [1.165, 1.54) is 6.20 Å². The van der Waals surface area contributed by atoms with Gasteiger partial charge in [0.25, 0.3) is 5.91 Å². The lowest BCUT2D eigenvalue weighted by Crippen LogP contribution is -2.21. The molecule has 1 aliphatic rings. The Balaban J connectivity index is 1.57. The third-order valence-electron chi connectivity index (χ3n) is 4.64. The molecule has 0 unspecified atom stereocenters. The van der Waals surface area contributed by atoms with Crippen LogP contribution in [0, 0.1) is 11.8 Å². The number of ether oxygens (including phenoxy) is 2. The highest BCUT2D eigenvalue weighted by Crippen LogP contribution is 2.16. The summed E-state index contributed by atoms with van der Waals surface area (Å²) in [6.07, 6.45) is 8.57. The van der Waals surface area contributed by atoms with Gasteiger partial charge >= 0.3 is 5.97 Å². The van der Waals surface area contributed by atoms with Gasteiger partial charge in [-0.05, 0) is 30.2 Å². The van der Waals surface area contributed by atoms with Crippen LogP contribution in [-0.4, -0.2) is 31.2 Å². The minimum Gasteiger partial charge on any atom is -0.458 e. The third-order valence-corrected chi connectivity index (χ3v) is 4.64. The maximum absolute atomic E-state index is 12.7. The molecule has 5 nitrogen and oxygen atoms in total. The molecule has 1 amide bonds. The Morgan fingerprint density at radius 3 is 2.77 bits per heavy atom. The second-order valence-electron chi connectivity index (χ2n) is 6.95. The molecule has 0 aromatic heterocycles. The van der Waals surface area contributed by atoms with Gasteiger partial charge in [-0.2, -0.15) is 0 Å². The number of rotatable bonds is 3. The van der Waals surface area contributed by atoms with Gasteiger partial charge in [-0.1, -0.05) is 60.5 Å². The average Bonchev–Trinajstić information content (AvgIpc) is 2.79. The van der Waals surface area contributed by atoms with Crippen LogP contribution < -0.4 is 5.32 Å². The van der Waals surface area contributed by atoms with Crippen LogP contribution >= 0.6 is 0 Å². The zero-order valence-corrected chi connectivity index (χ0v) is 17.3. The number of hydrogen-bond acceptors (Lipinski definition) is 4. The SMILES string of the molecule is O=C(C#Cc1ccccc1)N/C=C/C[C@H]1CCOC/C=C/Cc2ccccc2C(=O)O1. The summed E-state index contributed by atoms with van der Waals surface area (Å²) in [5, 5.41) is 2.61. The summed E-state index contributed by atoms with van der Waals surface area (Å²) in [5.74, 6) is 4.59. The van der Waals surface area contributed by atoms with Gasteiger partial charge in [0.1, 0.15) is 6.10 Å². The highest BCUT2D eigenvalue weighted by Gasteiger charge is 2.17. The quantitative estimate of drug-likeness (QED) is 0.471. The summed E-state index contributed by atoms with van der Waals surface area (Å²) in [6, 6.07) is 16.7. The number of allylic oxidation sites excluding steroid dienone is 1. The second-order valence-corrected chi connectivity index (χ2v) is 6.95. The van der Waals surface area contributed by atoms with Crippen molar-refractivity contribution >= 4 is 11.9 Å². The Morgan fingerprint density at radius 1 is 1.10 bits per heavy atom. The summed E-state index contributed by atoms with van der Waals surface area (Å²) in [4.78, 5) is 24.6. The highest BCUT2D eigenvalue weighted by molar-refractivity contribution is 5.94. The van der Waals surface area contributed by atoms with Crippen LogP contribution in [0.5, 0.6) is 0 Å². The van der Waals surface area contributed by atoms with E-state index in [4.69, 9.17) is 9.47 Å². The van der Waals surface area contributed by atoms with Crippen molar-refractivity contribution in [2.75, 3.05) is 13.2 Å². The van der Waals surface area contributed by atoms with Crippen molar-refractivity contribution in [2.45, 2.75) is 25.4 Å². The van der Waals surface area contributed by atoms with Gasteiger partial charge < -0.3 is 14.8 Å². The summed E-state index contributed by atoms with van der Waals surface area (Å²) in [5.41, 5.74) is 2.27. The van der Waals surface area contributed by atoms with E-state index < -0.39 is 5.91 Å². The lowest BCUT2D eigenvalue weighted by atomic mass is 10.0. The summed E-state index contributed by atoms with van der Waals surface area (Å²) >= 11 is 0. The van der Waals surface area contributed by atoms with Crippen molar-refractivity contribution in [3.63, 3.8) is 0 Å². The number of carbonyl (C=O) groups excluding carboxylic acids is 2. The van der Waals surface area contributed by atoms with E-state index in [9.17, 15) is 9.59 Å². The summed E-state index contributed by atoms with van der Waals surface area (Å²) in [7, 11) is 0. The average molecular weight is 415 g/mol. The first kappa shape index (κ1) is 22.1. The van der Waals surface area contributed by atoms with Crippen LogP contribution in [0.2, 0.25) is 0 Å². The maximum Gasteiger partial charge on any atom is 0.338 e. The molecule has 0 fully saturated rings. The van der Waals surface area contributed by atoms with Gasteiger partial charge in [0.05, 0.1) is 18.8 Å². The molecule has 1 aliphatic heterocycles. The molecule has 31 heavy (non-hydrogen) atoms. The number of nitrogens with one attached hydrogen (secondary N) is 1. The smallest absolute Gasteiger partial charge is 0.338 e. The monoisotopic (exact) mass is 415 g/mol. The Labute approximate surface area is 182 Å². The zero-order chi connectivity index (χ0) is 21.7. The molecular formula is C26H25NO4. The molecule has 1 atom stereocenters. The minimum absolute atomic E-state index is 0.347. The van der Waals surface area contributed by atoms with Crippen molar-refractivity contribution in [2.24, 2.45) is 0 Å². The molecule has 0 spiro atoms. The predicted molar refractivity (Wildman–Crippen MR) is 119 cm³/mol. The number of benzene rings is 2. The molecule has 0 radical (unpaired) electrons. The fraction of sp³-hybridized carbons (Fsp3) is 0.231. The highest BCUT2D eigenvalue weighted by atomic mass is 16.5. The van der Waals surface area contributed by atoms with Crippen LogP contribution in [0.15, 0.2) is 79.0 Å². The van der Waals surface area contributed by atoms with Crippen LogP contribution in [0.3, 0.4) is 0 Å². The first-order valence-electron chi connectivity index (χ1n) is 10.3. The first-order valence-corrected chi connectivity index (χ1v) is 10.3. The Hall–Kier alpha value is -3.62. The number of esters is 1. The van der Waals surface area contributed by atoms with Gasteiger partial charge in [0.2, 0.25) is 0 Å². The number of cyclic esters (lactones) is 1. The van der Waals surface area contributed by atoms with E-state index in [1.807, 2.05) is 60.7 Å². The Bertz CT molecular complexity index is 999. The maximum atomic E-state index is 12.7. The number of amides is 1. The number of fused-ring (bicyclic) bond motifs is 1. The van der Waals surface area contributed by atoms with E-state index in [0.717, 1.165) is 11.1 Å². The largest absolute Gasteiger partial charge is 0.458 e. The normalized spacial score (nSPS) is 17.8. The van der Waals surface area contributed by atoms with Crippen molar-refractivity contribution in [3.8, 4) is 11.8 Å². The van der Waals surface area contributed by atoms with Gasteiger partial charge in [0.15, 0.2) is 0 Å². The molecule has 0 aliphatic carbocycles. The van der Waals surface area contributed by atoms with E-state index in [0.29, 0.717) is 38.0 Å². The topological polar surface area (TPSA) is 64.6 Å². The lowest BCUT2D eigenvalue weighted by Gasteiger charge is -2.18.